The summed E-state index contributed by atoms with van der Waals surface area (Å²) in [5.74, 6) is 0.853. The summed E-state index contributed by atoms with van der Waals surface area (Å²) in [6.45, 7) is 7.47. The van der Waals surface area contributed by atoms with E-state index in [1.807, 2.05) is 20.8 Å². The molecule has 0 aromatic carbocycles. The predicted octanol–water partition coefficient (Wildman–Crippen LogP) is 2.33. The second-order valence-electron chi connectivity index (χ2n) is 5.28. The number of rotatable bonds is 3. The Balaban J connectivity index is 2.40. The molecule has 4 nitrogen and oxygen atoms in total. The lowest BCUT2D eigenvalue weighted by Crippen LogP contribution is -2.47. The van der Waals surface area contributed by atoms with Gasteiger partial charge in [0.25, 0.3) is 0 Å². The summed E-state index contributed by atoms with van der Waals surface area (Å²) in [4.78, 5) is 13.6. The number of ether oxygens (including phenoxy) is 2. The summed E-state index contributed by atoms with van der Waals surface area (Å²) in [5, 5.41) is 0. The highest BCUT2D eigenvalue weighted by Gasteiger charge is 2.27. The van der Waals surface area contributed by atoms with E-state index >= 15 is 0 Å². The quantitative estimate of drug-likeness (QED) is 0.793. The Hall–Kier alpha value is -0.420. The lowest BCUT2D eigenvalue weighted by Gasteiger charge is -2.34. The zero-order valence-electron chi connectivity index (χ0n) is 10.9. The summed E-state index contributed by atoms with van der Waals surface area (Å²) in [5.41, 5.74) is -0.435. The molecule has 0 aliphatic carbocycles. The second-order valence-corrected chi connectivity index (χ2v) is 5.73. The zero-order chi connectivity index (χ0) is 12.9. The number of carbonyl (C=O) groups excluding carboxylic acids is 1. The van der Waals surface area contributed by atoms with Gasteiger partial charge in [-0.1, -0.05) is 0 Å². The number of hydrogen-bond acceptors (Lipinski definition) is 4. The van der Waals surface area contributed by atoms with Gasteiger partial charge in [-0.05, 0) is 39.4 Å². The number of thiol groups is 1. The van der Waals surface area contributed by atoms with E-state index in [4.69, 9.17) is 9.47 Å². The van der Waals surface area contributed by atoms with Gasteiger partial charge in [0, 0.05) is 6.54 Å². The first-order valence-corrected chi connectivity index (χ1v) is 6.76. The lowest BCUT2D eigenvalue weighted by atomic mass is 10.1. The van der Waals surface area contributed by atoms with Gasteiger partial charge >= 0.3 is 6.09 Å². The van der Waals surface area contributed by atoms with E-state index < -0.39 is 5.60 Å². The van der Waals surface area contributed by atoms with Crippen LogP contribution in [0.5, 0.6) is 0 Å². The third kappa shape index (κ3) is 5.64. The topological polar surface area (TPSA) is 38.8 Å². The Labute approximate surface area is 109 Å². The first kappa shape index (κ1) is 14.6. The van der Waals surface area contributed by atoms with Crippen molar-refractivity contribution in [2.24, 2.45) is 0 Å². The number of carbonyl (C=O) groups is 1. The van der Waals surface area contributed by atoms with E-state index in [2.05, 4.69) is 12.6 Å². The minimum atomic E-state index is -0.435. The maximum absolute atomic E-state index is 11.9. The first-order valence-electron chi connectivity index (χ1n) is 6.13. The molecule has 1 rings (SSSR count). The summed E-state index contributed by atoms with van der Waals surface area (Å²) in [7, 11) is 0. The van der Waals surface area contributed by atoms with Crippen molar-refractivity contribution in [2.45, 2.75) is 45.3 Å². The molecule has 1 atom stereocenters. The van der Waals surface area contributed by atoms with Gasteiger partial charge in [0.2, 0.25) is 0 Å². The van der Waals surface area contributed by atoms with Crippen LogP contribution < -0.4 is 0 Å². The first-order chi connectivity index (χ1) is 7.92. The molecule has 1 aliphatic heterocycles. The predicted molar refractivity (Wildman–Crippen MR) is 70.6 cm³/mol. The van der Waals surface area contributed by atoms with Crippen molar-refractivity contribution < 1.29 is 14.3 Å². The molecule has 1 aliphatic rings. The number of hydrogen-bond donors (Lipinski definition) is 1. The molecule has 0 saturated carbocycles. The fraction of sp³-hybridized carbons (Fsp3) is 0.917. The van der Waals surface area contributed by atoms with Crippen LogP contribution in [-0.4, -0.2) is 48.1 Å². The van der Waals surface area contributed by atoms with Crippen molar-refractivity contribution in [1.82, 2.24) is 4.90 Å². The molecule has 100 valence electrons. The Morgan fingerprint density at radius 1 is 1.53 bits per heavy atom. The molecular formula is C12H23NO3S. The van der Waals surface area contributed by atoms with Crippen molar-refractivity contribution >= 4 is 18.7 Å². The van der Waals surface area contributed by atoms with Gasteiger partial charge in [0.15, 0.2) is 0 Å². The van der Waals surface area contributed by atoms with Crippen molar-refractivity contribution in [1.29, 1.82) is 0 Å². The minimum Gasteiger partial charge on any atom is -0.444 e. The largest absolute Gasteiger partial charge is 0.444 e. The van der Waals surface area contributed by atoms with Crippen LogP contribution >= 0.6 is 12.6 Å². The van der Waals surface area contributed by atoms with E-state index in [9.17, 15) is 4.79 Å². The number of amides is 1. The molecule has 1 unspecified atom stereocenters. The maximum Gasteiger partial charge on any atom is 0.410 e. The van der Waals surface area contributed by atoms with Gasteiger partial charge in [-0.3, -0.25) is 0 Å². The molecule has 0 spiro atoms. The standard InChI is InChI=1S/C12H23NO3S/c1-12(2,3)16-11(14)13-6-7-15-10(9-13)5-4-8-17/h10,17H,4-9H2,1-3H3. The highest BCUT2D eigenvalue weighted by Crippen LogP contribution is 2.15. The minimum absolute atomic E-state index is 0.128. The smallest absolute Gasteiger partial charge is 0.410 e. The summed E-state index contributed by atoms with van der Waals surface area (Å²) in [6, 6.07) is 0. The maximum atomic E-state index is 11.9. The van der Waals surface area contributed by atoms with Gasteiger partial charge < -0.3 is 14.4 Å². The molecule has 17 heavy (non-hydrogen) atoms. The molecule has 0 bridgehead atoms. The highest BCUT2D eigenvalue weighted by molar-refractivity contribution is 7.80. The Morgan fingerprint density at radius 3 is 2.82 bits per heavy atom. The van der Waals surface area contributed by atoms with E-state index in [1.54, 1.807) is 4.90 Å². The van der Waals surface area contributed by atoms with E-state index in [1.165, 1.54) is 0 Å². The summed E-state index contributed by atoms with van der Waals surface area (Å²) < 4.78 is 11.0. The Morgan fingerprint density at radius 2 is 2.24 bits per heavy atom. The van der Waals surface area contributed by atoms with Crippen LogP contribution in [0.2, 0.25) is 0 Å². The van der Waals surface area contributed by atoms with E-state index in [0.29, 0.717) is 19.7 Å². The van der Waals surface area contributed by atoms with Crippen molar-refractivity contribution in [3.05, 3.63) is 0 Å². The van der Waals surface area contributed by atoms with Gasteiger partial charge in [-0.15, -0.1) is 0 Å². The monoisotopic (exact) mass is 261 g/mol. The average Bonchev–Trinajstić information content (AvgIpc) is 2.24. The van der Waals surface area contributed by atoms with Gasteiger partial charge in [-0.25, -0.2) is 4.79 Å². The molecule has 0 radical (unpaired) electrons. The molecule has 0 aromatic heterocycles. The second kappa shape index (κ2) is 6.50. The third-order valence-electron chi connectivity index (χ3n) is 2.47. The van der Waals surface area contributed by atoms with Crippen LogP contribution in [0, 0.1) is 0 Å². The van der Waals surface area contributed by atoms with Gasteiger partial charge in [0.1, 0.15) is 5.60 Å². The molecule has 0 aromatic rings. The normalized spacial score (nSPS) is 21.4. The van der Waals surface area contributed by atoms with E-state index in [0.717, 1.165) is 18.6 Å². The Kier molecular flexibility index (Phi) is 5.59. The highest BCUT2D eigenvalue weighted by atomic mass is 32.1. The Bertz CT molecular complexity index is 253. The SMILES string of the molecule is CC(C)(C)OC(=O)N1CCOC(CCCS)C1. The molecule has 1 fully saturated rings. The van der Waals surface area contributed by atoms with Crippen LogP contribution in [0.1, 0.15) is 33.6 Å². The fourth-order valence-electron chi connectivity index (χ4n) is 1.71. The van der Waals surface area contributed by atoms with Crippen LogP contribution in [0.4, 0.5) is 4.79 Å². The number of nitrogens with zero attached hydrogens (tertiary/aromatic N) is 1. The van der Waals surface area contributed by atoms with Gasteiger partial charge in [0.05, 0.1) is 19.3 Å². The molecule has 5 heteroatoms. The number of morpholine rings is 1. The summed E-state index contributed by atoms with van der Waals surface area (Å²) in [6.07, 6.45) is 1.85. The molecule has 1 amide bonds. The summed E-state index contributed by atoms with van der Waals surface area (Å²) >= 11 is 4.18. The average molecular weight is 261 g/mol. The van der Waals surface area contributed by atoms with Crippen LogP contribution in [0.15, 0.2) is 0 Å². The van der Waals surface area contributed by atoms with Crippen molar-refractivity contribution in [3.63, 3.8) is 0 Å². The van der Waals surface area contributed by atoms with Crippen molar-refractivity contribution in [3.8, 4) is 0 Å². The van der Waals surface area contributed by atoms with Crippen LogP contribution in [0.3, 0.4) is 0 Å². The molecular weight excluding hydrogens is 238 g/mol. The third-order valence-corrected chi connectivity index (χ3v) is 2.79. The molecule has 0 N–H and O–H groups in total. The van der Waals surface area contributed by atoms with E-state index in [-0.39, 0.29) is 12.2 Å². The molecule has 1 saturated heterocycles. The van der Waals surface area contributed by atoms with Gasteiger partial charge in [-0.2, -0.15) is 12.6 Å². The molecule has 1 heterocycles. The van der Waals surface area contributed by atoms with Crippen molar-refractivity contribution in [2.75, 3.05) is 25.4 Å². The zero-order valence-corrected chi connectivity index (χ0v) is 11.8. The lowest BCUT2D eigenvalue weighted by molar-refractivity contribution is -0.0445. The fourth-order valence-corrected chi connectivity index (χ4v) is 1.89. The van der Waals surface area contributed by atoms with Crippen LogP contribution in [-0.2, 0) is 9.47 Å². The van der Waals surface area contributed by atoms with Crippen LogP contribution in [0.25, 0.3) is 0 Å².